The highest BCUT2D eigenvalue weighted by Crippen LogP contribution is 2.10. The Morgan fingerprint density at radius 1 is 1.19 bits per heavy atom. The second-order valence-electron chi connectivity index (χ2n) is 6.34. The number of guanidine groups is 1. The Morgan fingerprint density at radius 2 is 1.85 bits per heavy atom. The van der Waals surface area contributed by atoms with Crippen LogP contribution in [0.4, 0.5) is 0 Å². The van der Waals surface area contributed by atoms with Crippen LogP contribution >= 0.6 is 24.0 Å². The van der Waals surface area contributed by atoms with Gasteiger partial charge in [0.15, 0.2) is 15.8 Å². The van der Waals surface area contributed by atoms with Gasteiger partial charge in [-0.3, -0.25) is 9.89 Å². The summed E-state index contributed by atoms with van der Waals surface area (Å²) in [7, 11) is -2.82. The minimum absolute atomic E-state index is 0. The van der Waals surface area contributed by atoms with Gasteiger partial charge in [-0.05, 0) is 26.0 Å². The van der Waals surface area contributed by atoms with Crippen LogP contribution in [0.25, 0.3) is 0 Å². The molecule has 27 heavy (non-hydrogen) atoms. The third kappa shape index (κ3) is 9.61. The monoisotopic (exact) mass is 510 g/mol. The Hall–Kier alpha value is -1.07. The van der Waals surface area contributed by atoms with Gasteiger partial charge in [0, 0.05) is 26.2 Å². The van der Waals surface area contributed by atoms with E-state index < -0.39 is 9.84 Å². The summed E-state index contributed by atoms with van der Waals surface area (Å²) in [6, 6.07) is 7.99. The molecule has 0 saturated carbocycles. The maximum atomic E-state index is 11.4. The minimum Gasteiger partial charge on any atom is -0.492 e. The number of hydrogen-bond acceptors (Lipinski definition) is 5. The molecule has 0 spiro atoms. The molecule has 154 valence electrons. The molecule has 1 fully saturated rings. The second-order valence-corrected chi connectivity index (χ2v) is 8.65. The van der Waals surface area contributed by atoms with E-state index in [1.165, 1.54) is 5.56 Å². The van der Waals surface area contributed by atoms with Gasteiger partial charge in [-0.25, -0.2) is 8.42 Å². The molecule has 0 amide bonds. The van der Waals surface area contributed by atoms with E-state index in [-0.39, 0.29) is 35.5 Å². The Morgan fingerprint density at radius 3 is 2.48 bits per heavy atom. The third-order valence-corrected chi connectivity index (χ3v) is 5.76. The number of hydrogen-bond donors (Lipinski definition) is 2. The van der Waals surface area contributed by atoms with Gasteiger partial charge < -0.3 is 15.4 Å². The fourth-order valence-electron chi connectivity index (χ4n) is 2.59. The number of aliphatic imine (C=N–C) groups is 1. The molecule has 2 rings (SSSR count). The van der Waals surface area contributed by atoms with Crippen LogP contribution in [0.5, 0.6) is 5.75 Å². The predicted molar refractivity (Wildman–Crippen MR) is 121 cm³/mol. The van der Waals surface area contributed by atoms with Crippen LogP contribution in [-0.2, 0) is 9.84 Å². The Balaban J connectivity index is 0.00000364. The van der Waals surface area contributed by atoms with Crippen LogP contribution in [0.3, 0.4) is 0 Å². The van der Waals surface area contributed by atoms with E-state index in [4.69, 9.17) is 4.74 Å². The molecule has 1 aliphatic heterocycles. The summed E-state index contributed by atoms with van der Waals surface area (Å²) >= 11 is 0. The lowest BCUT2D eigenvalue weighted by Gasteiger charge is -2.25. The lowest BCUT2D eigenvalue weighted by Crippen LogP contribution is -2.42. The molecule has 1 saturated heterocycles. The first kappa shape index (κ1) is 24.0. The van der Waals surface area contributed by atoms with Crippen molar-refractivity contribution in [3.8, 4) is 5.75 Å². The zero-order valence-corrected chi connectivity index (χ0v) is 19.3. The first-order chi connectivity index (χ1) is 12.5. The van der Waals surface area contributed by atoms with Crippen molar-refractivity contribution in [2.45, 2.75) is 13.8 Å². The number of rotatable bonds is 8. The van der Waals surface area contributed by atoms with Gasteiger partial charge in [0.05, 0.1) is 24.6 Å². The summed E-state index contributed by atoms with van der Waals surface area (Å²) in [6.45, 7) is 8.67. The average molecular weight is 510 g/mol. The Kier molecular flexibility index (Phi) is 11.0. The highest BCUT2D eigenvalue weighted by molar-refractivity contribution is 14.0. The van der Waals surface area contributed by atoms with Gasteiger partial charge in [-0.1, -0.05) is 17.7 Å². The van der Waals surface area contributed by atoms with E-state index in [1.807, 2.05) is 38.1 Å². The molecule has 0 atom stereocenters. The van der Waals surface area contributed by atoms with Gasteiger partial charge in [0.1, 0.15) is 12.4 Å². The molecular formula is C18H31IN4O3S. The van der Waals surface area contributed by atoms with Crippen LogP contribution in [0.2, 0.25) is 0 Å². The van der Waals surface area contributed by atoms with Crippen LogP contribution in [0, 0.1) is 6.92 Å². The molecule has 1 aromatic carbocycles. The third-order valence-electron chi connectivity index (χ3n) is 4.15. The predicted octanol–water partition coefficient (Wildman–Crippen LogP) is 1.28. The maximum absolute atomic E-state index is 11.4. The van der Waals surface area contributed by atoms with Gasteiger partial charge in [-0.15, -0.1) is 24.0 Å². The van der Waals surface area contributed by atoms with Crippen LogP contribution in [0.1, 0.15) is 12.5 Å². The van der Waals surface area contributed by atoms with E-state index in [0.29, 0.717) is 32.8 Å². The summed E-state index contributed by atoms with van der Waals surface area (Å²) in [5.41, 5.74) is 1.21. The summed E-state index contributed by atoms with van der Waals surface area (Å²) in [5, 5.41) is 6.46. The molecule has 1 aliphatic rings. The normalized spacial score (nSPS) is 17.0. The van der Waals surface area contributed by atoms with Gasteiger partial charge in [-0.2, -0.15) is 0 Å². The average Bonchev–Trinajstić information content (AvgIpc) is 2.61. The fraction of sp³-hybridized carbons (Fsp3) is 0.611. The van der Waals surface area contributed by atoms with E-state index in [0.717, 1.165) is 24.8 Å². The lowest BCUT2D eigenvalue weighted by atomic mass is 10.2. The molecule has 0 radical (unpaired) electrons. The van der Waals surface area contributed by atoms with Gasteiger partial charge in [0.25, 0.3) is 0 Å². The molecule has 1 heterocycles. The Labute approximate surface area is 179 Å². The van der Waals surface area contributed by atoms with Crippen molar-refractivity contribution in [1.82, 2.24) is 15.5 Å². The maximum Gasteiger partial charge on any atom is 0.191 e. The second kappa shape index (κ2) is 12.4. The van der Waals surface area contributed by atoms with Crippen molar-refractivity contribution in [2.24, 2.45) is 4.99 Å². The standard InChI is InChI=1S/C18H30N4O3S.HI/c1-3-19-18(20-8-10-22-11-14-26(23,24)15-12-22)21-9-13-25-17-6-4-16(2)5-7-17;/h4-7H,3,8-15H2,1-2H3,(H2,19,20,21);1H. The SMILES string of the molecule is CCNC(=NCCN1CCS(=O)(=O)CC1)NCCOc1ccc(C)cc1.I. The van der Waals surface area contributed by atoms with Crippen molar-refractivity contribution < 1.29 is 13.2 Å². The van der Waals surface area contributed by atoms with Crippen molar-refractivity contribution in [1.29, 1.82) is 0 Å². The molecule has 1 aromatic rings. The van der Waals surface area contributed by atoms with E-state index in [9.17, 15) is 8.42 Å². The molecule has 0 aliphatic carbocycles. The molecule has 0 aromatic heterocycles. The molecule has 9 heteroatoms. The fourth-order valence-corrected chi connectivity index (χ4v) is 3.87. The van der Waals surface area contributed by atoms with Crippen molar-refractivity contribution in [3.05, 3.63) is 29.8 Å². The number of benzene rings is 1. The number of ether oxygens (including phenoxy) is 1. The molecule has 2 N–H and O–H groups in total. The zero-order chi connectivity index (χ0) is 18.8. The topological polar surface area (TPSA) is 83.0 Å². The first-order valence-electron chi connectivity index (χ1n) is 9.13. The molecule has 0 unspecified atom stereocenters. The first-order valence-corrected chi connectivity index (χ1v) is 10.9. The van der Waals surface area contributed by atoms with Gasteiger partial charge in [0.2, 0.25) is 0 Å². The zero-order valence-electron chi connectivity index (χ0n) is 16.1. The van der Waals surface area contributed by atoms with E-state index in [1.54, 1.807) is 0 Å². The summed E-state index contributed by atoms with van der Waals surface area (Å²) in [6.07, 6.45) is 0. The molecule has 7 nitrogen and oxygen atoms in total. The minimum atomic E-state index is -2.82. The van der Waals surface area contributed by atoms with Crippen LogP contribution in [-0.4, -0.2) is 76.7 Å². The quantitative estimate of drug-likeness (QED) is 0.237. The smallest absolute Gasteiger partial charge is 0.191 e. The van der Waals surface area contributed by atoms with Crippen LogP contribution in [0.15, 0.2) is 29.3 Å². The summed E-state index contributed by atoms with van der Waals surface area (Å²) in [4.78, 5) is 6.70. The van der Waals surface area contributed by atoms with Crippen molar-refractivity contribution >= 4 is 39.8 Å². The highest BCUT2D eigenvalue weighted by atomic mass is 127. The molecule has 0 bridgehead atoms. The number of halogens is 1. The summed E-state index contributed by atoms with van der Waals surface area (Å²) < 4.78 is 28.6. The number of nitrogens with one attached hydrogen (secondary N) is 2. The molecular weight excluding hydrogens is 479 g/mol. The van der Waals surface area contributed by atoms with E-state index >= 15 is 0 Å². The van der Waals surface area contributed by atoms with Gasteiger partial charge >= 0.3 is 0 Å². The Bertz CT molecular complexity index is 666. The van der Waals surface area contributed by atoms with E-state index in [2.05, 4.69) is 20.5 Å². The van der Waals surface area contributed by atoms with Crippen molar-refractivity contribution in [3.63, 3.8) is 0 Å². The number of nitrogens with zero attached hydrogens (tertiary/aromatic N) is 2. The largest absolute Gasteiger partial charge is 0.492 e. The number of aryl methyl sites for hydroxylation is 1. The highest BCUT2D eigenvalue weighted by Gasteiger charge is 2.20. The van der Waals surface area contributed by atoms with Crippen LogP contribution < -0.4 is 15.4 Å². The summed E-state index contributed by atoms with van der Waals surface area (Å²) in [5.74, 6) is 2.13. The lowest BCUT2D eigenvalue weighted by molar-refractivity contribution is 0.304. The van der Waals surface area contributed by atoms with Crippen molar-refractivity contribution in [2.75, 3.05) is 57.4 Å². The number of sulfone groups is 1.